The van der Waals surface area contributed by atoms with Gasteiger partial charge in [-0.05, 0) is 23.6 Å². The molecule has 0 bridgehead atoms. The van der Waals surface area contributed by atoms with E-state index in [1.54, 1.807) is 6.20 Å². The molecule has 1 unspecified atom stereocenters. The fourth-order valence-corrected chi connectivity index (χ4v) is 2.75. The van der Waals surface area contributed by atoms with Crippen molar-refractivity contribution in [2.75, 3.05) is 0 Å². The van der Waals surface area contributed by atoms with Crippen LogP contribution < -0.4 is 0 Å². The summed E-state index contributed by atoms with van der Waals surface area (Å²) in [5.74, 6) is 0.0691. The average Bonchev–Trinajstić information content (AvgIpc) is 2.88. The standard InChI is InChI=1S/C14H15BrN2O2/c1-9-11(6-15)4-3-5-12(9)10(2)13-7-17(8-16-13)14(18)19/h3-5,7-8,10H,6H2,1-2H3,(H,18,19). The first-order valence-corrected chi connectivity index (χ1v) is 7.08. The Morgan fingerprint density at radius 3 is 2.84 bits per heavy atom. The molecule has 0 aliphatic rings. The highest BCUT2D eigenvalue weighted by Gasteiger charge is 2.16. The predicted octanol–water partition coefficient (Wildman–Crippen LogP) is 3.76. The molecule has 1 atom stereocenters. The summed E-state index contributed by atoms with van der Waals surface area (Å²) in [6.07, 6.45) is 1.88. The topological polar surface area (TPSA) is 55.1 Å². The molecule has 1 N–H and O–H groups in total. The Morgan fingerprint density at radius 1 is 1.53 bits per heavy atom. The second-order valence-electron chi connectivity index (χ2n) is 4.48. The van der Waals surface area contributed by atoms with E-state index in [0.717, 1.165) is 15.6 Å². The number of nitrogens with zero attached hydrogens (tertiary/aromatic N) is 2. The minimum atomic E-state index is -1.02. The second kappa shape index (κ2) is 5.57. The van der Waals surface area contributed by atoms with Gasteiger partial charge in [-0.15, -0.1) is 0 Å². The lowest BCUT2D eigenvalue weighted by Crippen LogP contribution is -2.05. The Labute approximate surface area is 120 Å². The number of halogens is 1. The van der Waals surface area contributed by atoms with Gasteiger partial charge in [0, 0.05) is 17.4 Å². The van der Waals surface area contributed by atoms with Crippen LogP contribution in [0.2, 0.25) is 0 Å². The molecule has 100 valence electrons. The van der Waals surface area contributed by atoms with E-state index in [1.165, 1.54) is 23.0 Å². The van der Waals surface area contributed by atoms with Crippen LogP contribution in [0.5, 0.6) is 0 Å². The molecule has 2 aromatic rings. The molecule has 2 rings (SSSR count). The van der Waals surface area contributed by atoms with Crippen molar-refractivity contribution in [3.05, 3.63) is 53.1 Å². The summed E-state index contributed by atoms with van der Waals surface area (Å²) >= 11 is 3.47. The number of rotatable bonds is 3. The van der Waals surface area contributed by atoms with E-state index in [4.69, 9.17) is 5.11 Å². The van der Waals surface area contributed by atoms with Gasteiger partial charge in [-0.3, -0.25) is 0 Å². The van der Waals surface area contributed by atoms with Gasteiger partial charge >= 0.3 is 6.09 Å². The molecule has 5 heteroatoms. The van der Waals surface area contributed by atoms with E-state index in [-0.39, 0.29) is 5.92 Å². The van der Waals surface area contributed by atoms with Gasteiger partial charge in [-0.1, -0.05) is 41.1 Å². The molecular formula is C14H15BrN2O2. The van der Waals surface area contributed by atoms with Gasteiger partial charge in [-0.2, -0.15) is 0 Å². The maximum Gasteiger partial charge on any atom is 0.416 e. The summed E-state index contributed by atoms with van der Waals surface area (Å²) in [6, 6.07) is 6.16. The molecule has 19 heavy (non-hydrogen) atoms. The number of carbonyl (C=O) groups is 1. The Balaban J connectivity index is 2.38. The van der Waals surface area contributed by atoms with Crippen molar-refractivity contribution < 1.29 is 9.90 Å². The number of hydrogen-bond donors (Lipinski definition) is 1. The molecule has 1 aromatic heterocycles. The van der Waals surface area contributed by atoms with Crippen molar-refractivity contribution in [1.82, 2.24) is 9.55 Å². The number of aromatic nitrogens is 2. The smallest absolute Gasteiger partial charge is 0.416 e. The number of carboxylic acid groups (broad SMARTS) is 1. The first kappa shape index (κ1) is 13.8. The lowest BCUT2D eigenvalue weighted by molar-refractivity contribution is 0.196. The molecule has 0 saturated carbocycles. The Morgan fingerprint density at radius 2 is 2.26 bits per heavy atom. The van der Waals surface area contributed by atoms with E-state index < -0.39 is 6.09 Å². The van der Waals surface area contributed by atoms with Crippen LogP contribution in [-0.2, 0) is 5.33 Å². The number of hydrogen-bond acceptors (Lipinski definition) is 2. The lowest BCUT2D eigenvalue weighted by atomic mass is 9.92. The second-order valence-corrected chi connectivity index (χ2v) is 5.04. The molecule has 0 aliphatic carbocycles. The third-order valence-electron chi connectivity index (χ3n) is 3.37. The monoisotopic (exact) mass is 322 g/mol. The Hall–Kier alpha value is -1.62. The minimum absolute atomic E-state index is 0.0691. The van der Waals surface area contributed by atoms with Crippen LogP contribution in [0.25, 0.3) is 0 Å². The number of alkyl halides is 1. The highest BCUT2D eigenvalue weighted by Crippen LogP contribution is 2.28. The Bertz CT molecular complexity index is 607. The minimum Gasteiger partial charge on any atom is -0.464 e. The van der Waals surface area contributed by atoms with E-state index in [0.29, 0.717) is 0 Å². The highest BCUT2D eigenvalue weighted by molar-refractivity contribution is 9.08. The zero-order valence-electron chi connectivity index (χ0n) is 10.8. The van der Waals surface area contributed by atoms with E-state index >= 15 is 0 Å². The van der Waals surface area contributed by atoms with Gasteiger partial charge in [0.15, 0.2) is 0 Å². The number of imidazole rings is 1. The van der Waals surface area contributed by atoms with Crippen LogP contribution in [0, 0.1) is 6.92 Å². The first-order chi connectivity index (χ1) is 9.04. The molecule has 0 aliphatic heterocycles. The van der Waals surface area contributed by atoms with Crippen LogP contribution in [0.15, 0.2) is 30.7 Å². The summed E-state index contributed by atoms with van der Waals surface area (Å²) < 4.78 is 1.08. The van der Waals surface area contributed by atoms with Gasteiger partial charge in [0.25, 0.3) is 0 Å². The highest BCUT2D eigenvalue weighted by atomic mass is 79.9. The molecule has 0 radical (unpaired) electrons. The molecule has 1 aromatic carbocycles. The molecule has 0 amide bonds. The van der Waals surface area contributed by atoms with E-state index in [2.05, 4.69) is 40.0 Å². The van der Waals surface area contributed by atoms with Gasteiger partial charge in [0.2, 0.25) is 0 Å². The van der Waals surface area contributed by atoms with Crippen LogP contribution in [0.4, 0.5) is 4.79 Å². The van der Waals surface area contributed by atoms with Crippen LogP contribution in [0.3, 0.4) is 0 Å². The third-order valence-corrected chi connectivity index (χ3v) is 3.97. The molecule has 0 saturated heterocycles. The lowest BCUT2D eigenvalue weighted by Gasteiger charge is -2.15. The fourth-order valence-electron chi connectivity index (χ4n) is 2.14. The average molecular weight is 323 g/mol. The van der Waals surface area contributed by atoms with Crippen molar-refractivity contribution in [3.63, 3.8) is 0 Å². The predicted molar refractivity (Wildman–Crippen MR) is 77.0 cm³/mol. The molecule has 0 fully saturated rings. The van der Waals surface area contributed by atoms with Crippen molar-refractivity contribution >= 4 is 22.0 Å². The quantitative estimate of drug-likeness (QED) is 0.875. The van der Waals surface area contributed by atoms with Gasteiger partial charge in [-0.25, -0.2) is 14.3 Å². The molecule has 1 heterocycles. The van der Waals surface area contributed by atoms with Gasteiger partial charge in [0.1, 0.15) is 6.33 Å². The van der Waals surface area contributed by atoms with Crippen molar-refractivity contribution in [2.24, 2.45) is 0 Å². The van der Waals surface area contributed by atoms with Gasteiger partial charge in [0.05, 0.1) is 5.69 Å². The zero-order chi connectivity index (χ0) is 14.0. The number of benzene rings is 1. The molecule has 0 spiro atoms. The van der Waals surface area contributed by atoms with Crippen molar-refractivity contribution in [3.8, 4) is 0 Å². The van der Waals surface area contributed by atoms with Crippen molar-refractivity contribution in [2.45, 2.75) is 25.1 Å². The summed E-state index contributed by atoms with van der Waals surface area (Å²) in [5, 5.41) is 9.71. The molecule has 4 nitrogen and oxygen atoms in total. The summed E-state index contributed by atoms with van der Waals surface area (Å²) in [6.45, 7) is 4.12. The zero-order valence-corrected chi connectivity index (χ0v) is 12.4. The molecular weight excluding hydrogens is 308 g/mol. The third kappa shape index (κ3) is 2.71. The Kier molecular flexibility index (Phi) is 4.04. The SMILES string of the molecule is Cc1c(CBr)cccc1C(C)c1cn(C(=O)O)cn1. The van der Waals surface area contributed by atoms with Crippen LogP contribution >= 0.6 is 15.9 Å². The van der Waals surface area contributed by atoms with Crippen LogP contribution in [-0.4, -0.2) is 20.8 Å². The van der Waals surface area contributed by atoms with Crippen LogP contribution in [0.1, 0.15) is 35.2 Å². The first-order valence-electron chi connectivity index (χ1n) is 5.96. The maximum absolute atomic E-state index is 10.9. The summed E-state index contributed by atoms with van der Waals surface area (Å²) in [4.78, 5) is 15.0. The van der Waals surface area contributed by atoms with E-state index in [9.17, 15) is 4.79 Å². The van der Waals surface area contributed by atoms with Crippen molar-refractivity contribution in [1.29, 1.82) is 0 Å². The largest absolute Gasteiger partial charge is 0.464 e. The van der Waals surface area contributed by atoms with Gasteiger partial charge < -0.3 is 5.11 Å². The fraction of sp³-hybridized carbons (Fsp3) is 0.286. The van der Waals surface area contributed by atoms with E-state index in [1.807, 2.05) is 13.0 Å². The maximum atomic E-state index is 10.9. The normalized spacial score (nSPS) is 12.4. The summed E-state index contributed by atoms with van der Waals surface area (Å²) in [7, 11) is 0. The summed E-state index contributed by atoms with van der Waals surface area (Å²) in [5.41, 5.74) is 4.39.